The highest BCUT2D eigenvalue weighted by molar-refractivity contribution is 7.89. The summed E-state index contributed by atoms with van der Waals surface area (Å²) in [6, 6.07) is 16.8. The maximum Gasteiger partial charge on any atom is 0.243 e. The van der Waals surface area contributed by atoms with Crippen molar-refractivity contribution in [3.8, 4) is 0 Å². The fourth-order valence-electron chi connectivity index (χ4n) is 3.25. The number of hydrogen-bond acceptors (Lipinski definition) is 7. The van der Waals surface area contributed by atoms with Gasteiger partial charge < -0.3 is 5.32 Å². The second kappa shape index (κ2) is 8.94. The maximum atomic E-state index is 12.9. The van der Waals surface area contributed by atoms with Gasteiger partial charge in [-0.15, -0.1) is 5.10 Å². The quantitative estimate of drug-likeness (QED) is 0.565. The summed E-state index contributed by atoms with van der Waals surface area (Å²) in [6.45, 7) is 4.65. The lowest BCUT2D eigenvalue weighted by molar-refractivity contribution is 0.145. The van der Waals surface area contributed by atoms with Gasteiger partial charge in [0.15, 0.2) is 3.95 Å². The molecule has 1 aliphatic rings. The molecule has 1 aromatic heterocycles. The molecular weight excluding hydrogens is 438 g/mol. The summed E-state index contributed by atoms with van der Waals surface area (Å²) < 4.78 is 29.7. The molecule has 0 unspecified atom stereocenters. The molecule has 1 saturated heterocycles. The van der Waals surface area contributed by atoms with E-state index in [2.05, 4.69) is 15.3 Å². The Hall–Kier alpha value is -2.11. The van der Waals surface area contributed by atoms with Gasteiger partial charge in [-0.3, -0.25) is 4.90 Å². The highest BCUT2D eigenvalue weighted by atomic mass is 32.2. The number of anilines is 2. The summed E-state index contributed by atoms with van der Waals surface area (Å²) >= 11 is 6.88. The van der Waals surface area contributed by atoms with E-state index in [1.807, 2.05) is 49.4 Å². The third-order valence-corrected chi connectivity index (χ3v) is 8.09. The van der Waals surface area contributed by atoms with Crippen molar-refractivity contribution in [3.63, 3.8) is 0 Å². The summed E-state index contributed by atoms with van der Waals surface area (Å²) in [5.74, 6) is 0. The summed E-state index contributed by atoms with van der Waals surface area (Å²) in [5.41, 5.74) is 2.00. The zero-order valence-corrected chi connectivity index (χ0v) is 19.0. The van der Waals surface area contributed by atoms with Crippen molar-refractivity contribution in [2.24, 2.45) is 0 Å². The third-order valence-electron chi connectivity index (χ3n) is 4.96. The van der Waals surface area contributed by atoms with E-state index in [-0.39, 0.29) is 0 Å². The minimum Gasteiger partial charge on any atom is -0.330 e. The van der Waals surface area contributed by atoms with Crippen LogP contribution in [-0.4, -0.2) is 53.6 Å². The lowest BCUT2D eigenvalue weighted by Crippen LogP contribution is -2.48. The Kier molecular flexibility index (Phi) is 6.30. The van der Waals surface area contributed by atoms with Crippen molar-refractivity contribution >= 4 is 44.4 Å². The van der Waals surface area contributed by atoms with Gasteiger partial charge in [-0.25, -0.2) is 13.1 Å². The molecule has 0 atom stereocenters. The Bertz CT molecular complexity index is 1150. The van der Waals surface area contributed by atoms with Gasteiger partial charge in [0, 0.05) is 31.9 Å². The van der Waals surface area contributed by atoms with Crippen molar-refractivity contribution in [3.05, 3.63) is 64.1 Å². The number of rotatable bonds is 6. The maximum absolute atomic E-state index is 12.9. The average Bonchev–Trinajstić information content (AvgIpc) is 3.08. The second-order valence-electron chi connectivity index (χ2n) is 7.14. The summed E-state index contributed by atoms with van der Waals surface area (Å²) in [6.07, 6.45) is 0. The average molecular weight is 462 g/mol. The van der Waals surface area contributed by atoms with Crippen LogP contribution in [0.3, 0.4) is 0 Å². The lowest BCUT2D eigenvalue weighted by Gasteiger charge is -2.33. The zero-order valence-electron chi connectivity index (χ0n) is 16.6. The van der Waals surface area contributed by atoms with Crippen LogP contribution in [-0.2, 0) is 16.7 Å². The molecule has 2 heterocycles. The predicted octanol–water partition coefficient (Wildman–Crippen LogP) is 3.69. The number of nitrogens with one attached hydrogen (secondary N) is 1. The van der Waals surface area contributed by atoms with Gasteiger partial charge in [0.2, 0.25) is 15.2 Å². The molecule has 3 aromatic rings. The Morgan fingerprint density at radius 1 is 1.03 bits per heavy atom. The van der Waals surface area contributed by atoms with E-state index in [0.717, 1.165) is 16.4 Å². The monoisotopic (exact) mass is 461 g/mol. The normalized spacial score (nSPS) is 15.9. The van der Waals surface area contributed by atoms with E-state index in [1.54, 1.807) is 21.1 Å². The molecule has 0 radical (unpaired) electrons. The van der Waals surface area contributed by atoms with Gasteiger partial charge in [-0.2, -0.15) is 4.31 Å². The van der Waals surface area contributed by atoms with Crippen LogP contribution in [0.2, 0.25) is 0 Å². The topological polar surface area (TPSA) is 70.5 Å². The second-order valence-corrected chi connectivity index (χ2v) is 10.7. The van der Waals surface area contributed by atoms with Crippen LogP contribution >= 0.6 is 23.6 Å². The van der Waals surface area contributed by atoms with Gasteiger partial charge >= 0.3 is 0 Å². The number of benzene rings is 2. The van der Waals surface area contributed by atoms with Crippen LogP contribution in [0, 0.1) is 10.9 Å². The van der Waals surface area contributed by atoms with Gasteiger partial charge in [-0.05, 0) is 43.4 Å². The fourth-order valence-corrected chi connectivity index (χ4v) is 5.69. The first-order chi connectivity index (χ1) is 14.4. The van der Waals surface area contributed by atoms with Gasteiger partial charge in [-0.1, -0.05) is 47.2 Å². The lowest BCUT2D eigenvalue weighted by atomic mass is 10.2. The number of sulfonamides is 1. The van der Waals surface area contributed by atoms with Crippen LogP contribution in [0.4, 0.5) is 10.8 Å². The largest absolute Gasteiger partial charge is 0.330 e. The van der Waals surface area contributed by atoms with Crippen LogP contribution in [0.5, 0.6) is 0 Å². The zero-order chi connectivity index (χ0) is 21.1. The van der Waals surface area contributed by atoms with Crippen LogP contribution in [0.1, 0.15) is 5.56 Å². The minimum absolute atomic E-state index is 0.347. The van der Waals surface area contributed by atoms with E-state index in [9.17, 15) is 8.42 Å². The summed E-state index contributed by atoms with van der Waals surface area (Å²) in [5, 5.41) is 8.58. The standard InChI is InChI=1S/C20H23N5O2S3/c1-16-7-9-18(10-8-16)30(26,27)24-13-11-23(12-14-24)15-25-20(28)29-19(22-25)21-17-5-3-2-4-6-17/h2-10H,11-15H2,1H3,(H,21,22). The molecule has 0 bridgehead atoms. The minimum atomic E-state index is -3.46. The van der Waals surface area contributed by atoms with Crippen molar-refractivity contribution in [1.82, 2.24) is 19.0 Å². The molecule has 7 nitrogen and oxygen atoms in total. The molecule has 10 heteroatoms. The fraction of sp³-hybridized carbons (Fsp3) is 0.300. The number of para-hydroxylation sites is 1. The van der Waals surface area contributed by atoms with Crippen LogP contribution in [0.15, 0.2) is 59.5 Å². The first-order valence-corrected chi connectivity index (χ1v) is 12.3. The molecule has 1 fully saturated rings. The van der Waals surface area contributed by atoms with E-state index < -0.39 is 10.0 Å². The molecule has 158 valence electrons. The molecule has 0 amide bonds. The smallest absolute Gasteiger partial charge is 0.243 e. The van der Waals surface area contributed by atoms with Gasteiger partial charge in [0.25, 0.3) is 0 Å². The van der Waals surface area contributed by atoms with Crippen molar-refractivity contribution in [2.75, 3.05) is 31.5 Å². The van der Waals surface area contributed by atoms with Crippen molar-refractivity contribution < 1.29 is 8.42 Å². The first kappa shape index (κ1) is 21.1. The summed E-state index contributed by atoms with van der Waals surface area (Å²) in [4.78, 5) is 2.52. The SMILES string of the molecule is Cc1ccc(S(=O)(=O)N2CCN(Cn3nc(Nc4ccccc4)sc3=S)CC2)cc1. The van der Waals surface area contributed by atoms with Gasteiger partial charge in [0.05, 0.1) is 11.6 Å². The highest BCUT2D eigenvalue weighted by Gasteiger charge is 2.28. The van der Waals surface area contributed by atoms with E-state index in [1.165, 1.54) is 11.3 Å². The van der Waals surface area contributed by atoms with E-state index in [0.29, 0.717) is 41.7 Å². The molecular formula is C20H23N5O2S3. The molecule has 1 aliphatic heterocycles. The number of aryl methyl sites for hydroxylation is 1. The molecule has 0 spiro atoms. The van der Waals surface area contributed by atoms with Crippen LogP contribution in [0.25, 0.3) is 0 Å². The number of hydrogen-bond donors (Lipinski definition) is 1. The third kappa shape index (κ3) is 4.79. The Balaban J connectivity index is 1.37. The molecule has 1 N–H and O–H groups in total. The first-order valence-electron chi connectivity index (χ1n) is 9.61. The number of nitrogens with zero attached hydrogens (tertiary/aromatic N) is 4. The van der Waals surface area contributed by atoms with Crippen LogP contribution < -0.4 is 5.32 Å². The predicted molar refractivity (Wildman–Crippen MR) is 122 cm³/mol. The molecule has 0 aliphatic carbocycles. The molecule has 30 heavy (non-hydrogen) atoms. The van der Waals surface area contributed by atoms with E-state index >= 15 is 0 Å². The summed E-state index contributed by atoms with van der Waals surface area (Å²) in [7, 11) is -3.46. The van der Waals surface area contributed by atoms with Crippen molar-refractivity contribution in [1.29, 1.82) is 0 Å². The Morgan fingerprint density at radius 3 is 2.37 bits per heavy atom. The van der Waals surface area contributed by atoms with E-state index in [4.69, 9.17) is 12.2 Å². The molecule has 4 rings (SSSR count). The number of aromatic nitrogens is 2. The highest BCUT2D eigenvalue weighted by Crippen LogP contribution is 2.21. The molecule has 2 aromatic carbocycles. The molecule has 0 saturated carbocycles. The van der Waals surface area contributed by atoms with Crippen molar-refractivity contribution in [2.45, 2.75) is 18.5 Å². The Labute approximate surface area is 185 Å². The van der Waals surface area contributed by atoms with Gasteiger partial charge in [0.1, 0.15) is 0 Å². The Morgan fingerprint density at radius 2 is 1.70 bits per heavy atom. The number of piperazine rings is 1.